The second-order valence-electron chi connectivity index (χ2n) is 4.78. The van der Waals surface area contributed by atoms with E-state index in [9.17, 15) is 0 Å². The largest absolute Gasteiger partial charge is 0.378 e. The molecule has 0 aliphatic carbocycles. The molecule has 0 N–H and O–H groups in total. The topological polar surface area (TPSA) is 22.1 Å². The number of ether oxygens (including phenoxy) is 1. The number of aryl methyl sites for hydroxylation is 1. The maximum absolute atomic E-state index is 5.64. The first-order chi connectivity index (χ1) is 8.25. The molecular weight excluding hydrogens is 278 g/mol. The predicted octanol–water partition coefficient (Wildman–Crippen LogP) is 3.66. The van der Waals surface area contributed by atoms with Crippen molar-refractivity contribution in [3.8, 4) is 0 Å². The van der Waals surface area contributed by atoms with Crippen LogP contribution in [-0.2, 0) is 11.2 Å². The highest BCUT2D eigenvalue weighted by Gasteiger charge is 2.17. The molecule has 2 nitrogen and oxygen atoms in total. The van der Waals surface area contributed by atoms with Gasteiger partial charge in [-0.3, -0.25) is 4.98 Å². The molecule has 1 aromatic rings. The van der Waals surface area contributed by atoms with Crippen molar-refractivity contribution in [3.63, 3.8) is 0 Å². The lowest BCUT2D eigenvalue weighted by Crippen LogP contribution is -2.11. The fourth-order valence-electron chi connectivity index (χ4n) is 2.28. The summed E-state index contributed by atoms with van der Waals surface area (Å²) in [6.07, 6.45) is 8.20. The van der Waals surface area contributed by atoms with Crippen LogP contribution < -0.4 is 0 Å². The van der Waals surface area contributed by atoms with Gasteiger partial charge in [0.25, 0.3) is 0 Å². The smallest absolute Gasteiger partial charge is 0.0576 e. The number of hydrogen-bond acceptors (Lipinski definition) is 2. The summed E-state index contributed by atoms with van der Waals surface area (Å²) in [5.41, 5.74) is 2.50. The van der Waals surface area contributed by atoms with Crippen LogP contribution in [0.5, 0.6) is 0 Å². The van der Waals surface area contributed by atoms with Gasteiger partial charge in [0, 0.05) is 29.7 Å². The van der Waals surface area contributed by atoms with E-state index in [-0.39, 0.29) is 0 Å². The standard InChI is InChI=1S/C14H20BrNO/c1-11-4-2-8-16-14(11)10-12(15)6-7-13-5-3-9-17-13/h2,4,8,12-13H,3,5-7,9-10H2,1H3. The van der Waals surface area contributed by atoms with Crippen molar-refractivity contribution in [1.82, 2.24) is 4.98 Å². The maximum atomic E-state index is 5.64. The normalized spacial score (nSPS) is 21.6. The summed E-state index contributed by atoms with van der Waals surface area (Å²) in [7, 11) is 0. The van der Waals surface area contributed by atoms with Gasteiger partial charge in [-0.2, -0.15) is 0 Å². The Morgan fingerprint density at radius 1 is 1.59 bits per heavy atom. The Balaban J connectivity index is 1.76. The van der Waals surface area contributed by atoms with Gasteiger partial charge in [-0.25, -0.2) is 0 Å². The molecule has 1 aliphatic rings. The number of rotatable bonds is 5. The van der Waals surface area contributed by atoms with Gasteiger partial charge in [0.2, 0.25) is 0 Å². The van der Waals surface area contributed by atoms with Crippen molar-refractivity contribution < 1.29 is 4.74 Å². The van der Waals surface area contributed by atoms with E-state index in [4.69, 9.17) is 4.74 Å². The predicted molar refractivity (Wildman–Crippen MR) is 73.6 cm³/mol. The third kappa shape index (κ3) is 4.07. The van der Waals surface area contributed by atoms with Crippen LogP contribution in [0.3, 0.4) is 0 Å². The van der Waals surface area contributed by atoms with E-state index in [0.717, 1.165) is 13.0 Å². The molecule has 2 heterocycles. The number of aromatic nitrogens is 1. The highest BCUT2D eigenvalue weighted by atomic mass is 79.9. The van der Waals surface area contributed by atoms with E-state index in [1.165, 1.54) is 36.9 Å². The summed E-state index contributed by atoms with van der Waals surface area (Å²) in [6, 6.07) is 4.12. The van der Waals surface area contributed by atoms with Crippen LogP contribution in [-0.4, -0.2) is 22.5 Å². The Kier molecular flexibility index (Phi) is 4.99. The summed E-state index contributed by atoms with van der Waals surface area (Å²) >= 11 is 3.76. The number of alkyl halides is 1. The minimum Gasteiger partial charge on any atom is -0.378 e. The van der Waals surface area contributed by atoms with Gasteiger partial charge in [-0.15, -0.1) is 0 Å². The zero-order chi connectivity index (χ0) is 12.1. The molecule has 94 valence electrons. The molecule has 0 saturated carbocycles. The van der Waals surface area contributed by atoms with E-state index < -0.39 is 0 Å². The van der Waals surface area contributed by atoms with Crippen LogP contribution in [0.1, 0.15) is 36.9 Å². The molecule has 3 heteroatoms. The Bertz CT molecular complexity index is 350. The van der Waals surface area contributed by atoms with Crippen LogP contribution in [0, 0.1) is 6.92 Å². The summed E-state index contributed by atoms with van der Waals surface area (Å²) < 4.78 is 5.64. The van der Waals surface area contributed by atoms with Gasteiger partial charge in [0.05, 0.1) is 6.10 Å². The Hall–Kier alpha value is -0.410. The molecule has 1 fully saturated rings. The average Bonchev–Trinajstić information content (AvgIpc) is 2.82. The molecule has 2 atom stereocenters. The monoisotopic (exact) mass is 297 g/mol. The van der Waals surface area contributed by atoms with Gasteiger partial charge < -0.3 is 4.74 Å². The van der Waals surface area contributed by atoms with Crippen LogP contribution >= 0.6 is 15.9 Å². The lowest BCUT2D eigenvalue weighted by molar-refractivity contribution is 0.102. The van der Waals surface area contributed by atoms with Crippen LogP contribution in [0.15, 0.2) is 18.3 Å². The first kappa shape index (κ1) is 13.0. The molecule has 0 radical (unpaired) electrons. The second kappa shape index (κ2) is 6.50. The second-order valence-corrected chi connectivity index (χ2v) is 6.08. The summed E-state index contributed by atoms with van der Waals surface area (Å²) in [5, 5.41) is 0. The van der Waals surface area contributed by atoms with E-state index in [2.05, 4.69) is 33.9 Å². The minimum absolute atomic E-state index is 0.500. The third-order valence-electron chi connectivity index (χ3n) is 3.36. The molecule has 2 rings (SSSR count). The average molecular weight is 298 g/mol. The van der Waals surface area contributed by atoms with Crippen molar-refractivity contribution in [1.29, 1.82) is 0 Å². The van der Waals surface area contributed by atoms with Crippen molar-refractivity contribution in [2.45, 2.75) is 50.0 Å². The quantitative estimate of drug-likeness (QED) is 0.774. The van der Waals surface area contributed by atoms with Gasteiger partial charge in [-0.05, 0) is 44.2 Å². The van der Waals surface area contributed by atoms with Crippen molar-refractivity contribution >= 4 is 15.9 Å². The van der Waals surface area contributed by atoms with Gasteiger partial charge >= 0.3 is 0 Å². The molecule has 1 aliphatic heterocycles. The number of hydrogen-bond donors (Lipinski definition) is 0. The Morgan fingerprint density at radius 3 is 3.18 bits per heavy atom. The van der Waals surface area contributed by atoms with E-state index in [1.54, 1.807) is 0 Å². The van der Waals surface area contributed by atoms with Crippen LogP contribution in [0.4, 0.5) is 0 Å². The minimum atomic E-state index is 0.500. The molecule has 0 amide bonds. The fourth-order valence-corrected chi connectivity index (χ4v) is 2.85. The molecule has 0 spiro atoms. The third-order valence-corrected chi connectivity index (χ3v) is 4.14. The zero-order valence-electron chi connectivity index (χ0n) is 10.4. The molecule has 1 saturated heterocycles. The molecule has 17 heavy (non-hydrogen) atoms. The zero-order valence-corrected chi connectivity index (χ0v) is 11.9. The number of halogens is 1. The van der Waals surface area contributed by atoms with Crippen molar-refractivity contribution in [2.24, 2.45) is 0 Å². The highest BCUT2D eigenvalue weighted by molar-refractivity contribution is 9.09. The van der Waals surface area contributed by atoms with Crippen molar-refractivity contribution in [3.05, 3.63) is 29.6 Å². The lowest BCUT2D eigenvalue weighted by Gasteiger charge is -2.13. The van der Waals surface area contributed by atoms with Crippen molar-refractivity contribution in [2.75, 3.05) is 6.61 Å². The van der Waals surface area contributed by atoms with Gasteiger partial charge in [0.15, 0.2) is 0 Å². The molecule has 0 aromatic carbocycles. The SMILES string of the molecule is Cc1cccnc1CC(Br)CCC1CCCO1. The Morgan fingerprint density at radius 2 is 2.47 bits per heavy atom. The number of nitrogens with zero attached hydrogens (tertiary/aromatic N) is 1. The van der Waals surface area contributed by atoms with E-state index in [1.807, 2.05) is 12.3 Å². The molecular formula is C14H20BrNO. The van der Waals surface area contributed by atoms with Crippen LogP contribution in [0.2, 0.25) is 0 Å². The summed E-state index contributed by atoms with van der Waals surface area (Å²) in [6.45, 7) is 3.08. The van der Waals surface area contributed by atoms with Gasteiger partial charge in [-0.1, -0.05) is 22.0 Å². The van der Waals surface area contributed by atoms with E-state index >= 15 is 0 Å². The van der Waals surface area contributed by atoms with Crippen LogP contribution in [0.25, 0.3) is 0 Å². The highest BCUT2D eigenvalue weighted by Crippen LogP contribution is 2.22. The lowest BCUT2D eigenvalue weighted by atomic mass is 10.0. The summed E-state index contributed by atoms with van der Waals surface area (Å²) in [5.74, 6) is 0. The Labute approximate surface area is 112 Å². The molecule has 2 unspecified atom stereocenters. The maximum Gasteiger partial charge on any atom is 0.0576 e. The fraction of sp³-hybridized carbons (Fsp3) is 0.643. The first-order valence-electron chi connectivity index (χ1n) is 6.42. The molecule has 0 bridgehead atoms. The van der Waals surface area contributed by atoms with Gasteiger partial charge in [0.1, 0.15) is 0 Å². The summed E-state index contributed by atoms with van der Waals surface area (Å²) in [4.78, 5) is 4.95. The number of pyridine rings is 1. The first-order valence-corrected chi connectivity index (χ1v) is 7.33. The molecule has 1 aromatic heterocycles. The van der Waals surface area contributed by atoms with E-state index in [0.29, 0.717) is 10.9 Å².